The predicted molar refractivity (Wildman–Crippen MR) is 48.5 cm³/mol. The van der Waals surface area contributed by atoms with E-state index in [-0.39, 0.29) is 5.41 Å². The molecule has 12 heavy (non-hydrogen) atoms. The lowest BCUT2D eigenvalue weighted by atomic mass is 9.80. The summed E-state index contributed by atoms with van der Waals surface area (Å²) in [6.07, 6.45) is 4.62. The van der Waals surface area contributed by atoms with Crippen LogP contribution < -0.4 is 0 Å². The number of carbonyl (C=O) groups excluding carboxylic acids is 1. The van der Waals surface area contributed by atoms with Crippen molar-refractivity contribution >= 4 is 17.9 Å². The molecule has 0 bridgehead atoms. The van der Waals surface area contributed by atoms with Crippen molar-refractivity contribution in [3.63, 3.8) is 0 Å². The van der Waals surface area contributed by atoms with E-state index in [0.717, 1.165) is 38.6 Å². The Hall–Kier alpha value is -0.0800. The normalized spacial score (nSPS) is 31.1. The van der Waals surface area contributed by atoms with Crippen molar-refractivity contribution in [2.24, 2.45) is 5.41 Å². The molecule has 0 radical (unpaired) electrons. The van der Waals surface area contributed by atoms with Crippen molar-refractivity contribution in [1.29, 1.82) is 0 Å². The van der Waals surface area contributed by atoms with Crippen LogP contribution in [0.5, 0.6) is 0 Å². The number of rotatable bonds is 3. The Morgan fingerprint density at radius 3 is 2.92 bits per heavy atom. The standard InChI is InChI=1S/C9H15ClO2/c10-5-3-9(8-11)2-1-6-12-7-4-9/h8H,1-7H2. The summed E-state index contributed by atoms with van der Waals surface area (Å²) in [5, 5.41) is 0. The third-order valence-corrected chi connectivity index (χ3v) is 2.74. The van der Waals surface area contributed by atoms with Gasteiger partial charge in [-0.15, -0.1) is 11.6 Å². The second kappa shape index (κ2) is 4.83. The van der Waals surface area contributed by atoms with Gasteiger partial charge in [-0.25, -0.2) is 0 Å². The first-order valence-electron chi connectivity index (χ1n) is 4.43. The maximum Gasteiger partial charge on any atom is 0.126 e. The van der Waals surface area contributed by atoms with E-state index >= 15 is 0 Å². The lowest BCUT2D eigenvalue weighted by Crippen LogP contribution is -2.23. The minimum Gasteiger partial charge on any atom is -0.381 e. The van der Waals surface area contributed by atoms with Crippen LogP contribution in [0.3, 0.4) is 0 Å². The molecule has 1 aliphatic rings. The molecule has 1 unspecified atom stereocenters. The van der Waals surface area contributed by atoms with Crippen LogP contribution >= 0.6 is 11.6 Å². The molecule has 0 amide bonds. The first-order chi connectivity index (χ1) is 5.83. The van der Waals surface area contributed by atoms with Gasteiger partial charge in [-0.2, -0.15) is 0 Å². The van der Waals surface area contributed by atoms with Gasteiger partial charge in [0.05, 0.1) is 0 Å². The zero-order valence-corrected chi connectivity index (χ0v) is 7.98. The van der Waals surface area contributed by atoms with Crippen LogP contribution in [-0.2, 0) is 9.53 Å². The molecular weight excluding hydrogens is 176 g/mol. The van der Waals surface area contributed by atoms with Crippen LogP contribution in [0.4, 0.5) is 0 Å². The number of alkyl halides is 1. The Labute approximate surface area is 78.2 Å². The molecule has 1 atom stereocenters. The van der Waals surface area contributed by atoms with E-state index in [0.29, 0.717) is 12.5 Å². The average molecular weight is 191 g/mol. The third-order valence-electron chi connectivity index (χ3n) is 2.55. The van der Waals surface area contributed by atoms with Crippen molar-refractivity contribution in [3.8, 4) is 0 Å². The van der Waals surface area contributed by atoms with Crippen LogP contribution in [0.15, 0.2) is 0 Å². The number of halogens is 1. The van der Waals surface area contributed by atoms with Crippen LogP contribution in [-0.4, -0.2) is 25.4 Å². The topological polar surface area (TPSA) is 26.3 Å². The Balaban J connectivity index is 2.54. The van der Waals surface area contributed by atoms with E-state index in [2.05, 4.69) is 0 Å². The maximum absolute atomic E-state index is 10.9. The monoisotopic (exact) mass is 190 g/mol. The van der Waals surface area contributed by atoms with Crippen molar-refractivity contribution in [2.75, 3.05) is 19.1 Å². The highest BCUT2D eigenvalue weighted by atomic mass is 35.5. The number of hydrogen-bond donors (Lipinski definition) is 0. The molecule has 2 nitrogen and oxygen atoms in total. The third kappa shape index (κ3) is 2.46. The van der Waals surface area contributed by atoms with Crippen LogP contribution in [0.2, 0.25) is 0 Å². The quantitative estimate of drug-likeness (QED) is 0.503. The minimum atomic E-state index is -0.182. The van der Waals surface area contributed by atoms with Crippen LogP contribution in [0, 0.1) is 5.41 Å². The molecule has 1 saturated heterocycles. The number of carbonyl (C=O) groups is 1. The molecule has 0 aliphatic carbocycles. The highest BCUT2D eigenvalue weighted by Gasteiger charge is 2.29. The van der Waals surface area contributed by atoms with Gasteiger partial charge >= 0.3 is 0 Å². The molecule has 0 N–H and O–H groups in total. The molecule has 1 fully saturated rings. The molecule has 0 spiro atoms. The zero-order valence-electron chi connectivity index (χ0n) is 7.22. The summed E-state index contributed by atoms with van der Waals surface area (Å²) >= 11 is 5.66. The fourth-order valence-corrected chi connectivity index (χ4v) is 2.02. The predicted octanol–water partition coefficient (Wildman–Crippen LogP) is 2.00. The molecule has 0 saturated carbocycles. The van der Waals surface area contributed by atoms with Crippen LogP contribution in [0.25, 0.3) is 0 Å². The van der Waals surface area contributed by atoms with Gasteiger partial charge in [0.1, 0.15) is 6.29 Å². The van der Waals surface area contributed by atoms with Gasteiger partial charge in [0.2, 0.25) is 0 Å². The molecule has 0 aromatic rings. The highest BCUT2D eigenvalue weighted by molar-refractivity contribution is 6.17. The first-order valence-corrected chi connectivity index (χ1v) is 4.96. The molecular formula is C9H15ClO2. The largest absolute Gasteiger partial charge is 0.381 e. The molecule has 3 heteroatoms. The van der Waals surface area contributed by atoms with E-state index in [4.69, 9.17) is 16.3 Å². The van der Waals surface area contributed by atoms with Gasteiger partial charge in [0.25, 0.3) is 0 Å². The fourth-order valence-electron chi connectivity index (χ4n) is 1.64. The summed E-state index contributed by atoms with van der Waals surface area (Å²) in [6.45, 7) is 1.49. The summed E-state index contributed by atoms with van der Waals surface area (Å²) in [4.78, 5) is 10.9. The van der Waals surface area contributed by atoms with E-state index in [1.165, 1.54) is 0 Å². The van der Waals surface area contributed by atoms with Gasteiger partial charge in [-0.3, -0.25) is 0 Å². The second-order valence-electron chi connectivity index (χ2n) is 3.39. The number of hydrogen-bond acceptors (Lipinski definition) is 2. The highest BCUT2D eigenvalue weighted by Crippen LogP contribution is 2.32. The molecule has 0 aromatic carbocycles. The number of ether oxygens (including phenoxy) is 1. The Kier molecular flexibility index (Phi) is 4.02. The summed E-state index contributed by atoms with van der Waals surface area (Å²) in [5.74, 6) is 0.568. The smallest absolute Gasteiger partial charge is 0.126 e. The average Bonchev–Trinajstić information content (AvgIpc) is 2.32. The molecule has 1 aliphatic heterocycles. The lowest BCUT2D eigenvalue weighted by Gasteiger charge is -2.24. The second-order valence-corrected chi connectivity index (χ2v) is 3.76. The van der Waals surface area contributed by atoms with Crippen molar-refractivity contribution in [1.82, 2.24) is 0 Å². The summed E-state index contributed by atoms with van der Waals surface area (Å²) in [6, 6.07) is 0. The summed E-state index contributed by atoms with van der Waals surface area (Å²) in [7, 11) is 0. The van der Waals surface area contributed by atoms with Gasteiger partial charge in [-0.05, 0) is 25.7 Å². The number of aldehydes is 1. The Morgan fingerprint density at radius 1 is 1.42 bits per heavy atom. The zero-order chi connectivity index (χ0) is 8.86. The summed E-state index contributed by atoms with van der Waals surface area (Å²) < 4.78 is 5.30. The minimum absolute atomic E-state index is 0.182. The first kappa shape index (κ1) is 10.0. The molecule has 1 heterocycles. The van der Waals surface area contributed by atoms with Gasteiger partial charge in [0, 0.05) is 24.5 Å². The van der Waals surface area contributed by atoms with E-state index < -0.39 is 0 Å². The van der Waals surface area contributed by atoms with Crippen molar-refractivity contribution < 1.29 is 9.53 Å². The molecule has 1 rings (SSSR count). The maximum atomic E-state index is 10.9. The van der Waals surface area contributed by atoms with Gasteiger partial charge in [0.15, 0.2) is 0 Å². The fraction of sp³-hybridized carbons (Fsp3) is 0.889. The van der Waals surface area contributed by atoms with E-state index in [1.807, 2.05) is 0 Å². The van der Waals surface area contributed by atoms with Crippen molar-refractivity contribution in [2.45, 2.75) is 25.7 Å². The van der Waals surface area contributed by atoms with Crippen molar-refractivity contribution in [3.05, 3.63) is 0 Å². The summed E-state index contributed by atoms with van der Waals surface area (Å²) in [5.41, 5.74) is -0.182. The van der Waals surface area contributed by atoms with Crippen LogP contribution in [0.1, 0.15) is 25.7 Å². The lowest BCUT2D eigenvalue weighted by molar-refractivity contribution is -0.117. The molecule has 70 valence electrons. The molecule has 0 aromatic heterocycles. The van der Waals surface area contributed by atoms with E-state index in [1.54, 1.807) is 0 Å². The Bertz CT molecular complexity index is 139. The Morgan fingerprint density at radius 2 is 2.25 bits per heavy atom. The van der Waals surface area contributed by atoms with Gasteiger partial charge in [-0.1, -0.05) is 0 Å². The van der Waals surface area contributed by atoms with Gasteiger partial charge < -0.3 is 9.53 Å². The van der Waals surface area contributed by atoms with E-state index in [9.17, 15) is 4.79 Å². The SMILES string of the molecule is O=CC1(CCCl)CCCOCC1.